The van der Waals surface area contributed by atoms with Crippen molar-refractivity contribution in [3.8, 4) is 45.3 Å². The molecule has 6 heterocycles. The van der Waals surface area contributed by atoms with Crippen LogP contribution in [0.1, 0.15) is 164 Å². The third-order valence-electron chi connectivity index (χ3n) is 22.2. The molecule has 626 valence electrons. The van der Waals surface area contributed by atoms with Crippen LogP contribution in [0.5, 0.6) is 0 Å². The topological polar surface area (TPSA) is 328 Å². The number of aromatic nitrogens is 12. The number of carbonyl (C=O) groups excluding carboxylic acids is 6. The summed E-state index contributed by atoms with van der Waals surface area (Å²) >= 11 is 13.2. The van der Waals surface area contributed by atoms with Gasteiger partial charge >= 0.3 is 49.6 Å². The predicted molar refractivity (Wildman–Crippen MR) is 386 cm³/mol. The number of ether oxygens (including phenoxy) is 2. The smallest absolute Gasteiger partial charge is 0.376 e. The first-order valence-electron chi connectivity index (χ1n) is 36.7. The number of amides is 4. The standard InChI is InChI=1S/C74H70Cl2F14N20O8/c1-67(2,73(85,86)87)33-71(41-11-5-37(6-12-41)49-29-95-109(101-49)43-15-16-43)59(113)105(63(91)99-71)51(39-9-19-47(75)45(27-39)55-93-35-97-107(55)61(81)82)31-103(69(23-24-69)57(77)78)65(115)117-53(111)21-22-54(112)118-66(116)104(70(25-26-70)58(79)80)32-52(40-10-20-48(76)46(28-40)56-94-36-98-108(56)62(83)84)106-60(114)72(100-64(106)92,34-68(3,4)74(88,89)90)42-13-7-38(8-14-42)50-30-96-110(102-50)44-17-18-44/h5-14,19-20,27-30,35-36,43-44,51-52,57-58,61-62H,15-18,21-26,31-34H2,1-4H3,(H2,91,99)(H2,92,100)/t51-,52-,71-,72-/m1/s1. The molecule has 0 bridgehead atoms. The molecule has 4 amide bonds. The van der Waals surface area contributed by atoms with E-state index in [9.17, 15) is 47.6 Å². The Morgan fingerprint density at radius 2 is 0.881 bits per heavy atom. The minimum absolute atomic E-state index is 0.0430. The van der Waals surface area contributed by atoms with Crippen molar-refractivity contribution >= 4 is 71.1 Å². The Kier molecular flexibility index (Phi) is 21.6. The summed E-state index contributed by atoms with van der Waals surface area (Å²) in [5, 5.41) is 48.2. The van der Waals surface area contributed by atoms with Gasteiger partial charge in [0.2, 0.25) is 0 Å². The number of nitrogens with one attached hydrogen (secondary N) is 4. The highest BCUT2D eigenvalue weighted by Crippen LogP contribution is 2.55. The molecule has 6 fully saturated rings. The van der Waals surface area contributed by atoms with Crippen molar-refractivity contribution in [3.63, 3.8) is 0 Å². The first-order valence-corrected chi connectivity index (χ1v) is 37.5. The van der Waals surface area contributed by atoms with Crippen LogP contribution in [0.25, 0.3) is 45.3 Å². The number of carbonyl (C=O) groups is 6. The van der Waals surface area contributed by atoms with Crippen molar-refractivity contribution in [2.24, 2.45) is 10.8 Å². The average molecular weight is 1700 g/mol. The number of benzene rings is 4. The highest BCUT2D eigenvalue weighted by molar-refractivity contribution is 6.33. The summed E-state index contributed by atoms with van der Waals surface area (Å²) in [5.74, 6) is -9.50. The number of halogens is 16. The third-order valence-corrected chi connectivity index (χ3v) is 22.9. The molecule has 4 aromatic carbocycles. The predicted octanol–water partition coefficient (Wildman–Crippen LogP) is 15.1. The number of guanidine groups is 2. The number of hydrogen-bond acceptors (Lipinski definition) is 18. The summed E-state index contributed by atoms with van der Waals surface area (Å²) in [6, 6.07) is 13.2. The van der Waals surface area contributed by atoms with Crippen LogP contribution >= 0.6 is 23.2 Å². The molecule has 8 aromatic rings. The van der Waals surface area contributed by atoms with Crippen LogP contribution < -0.4 is 10.6 Å². The molecule has 14 rings (SSSR count). The number of alkyl halides is 14. The van der Waals surface area contributed by atoms with Gasteiger partial charge in [-0.15, -0.1) is 0 Å². The van der Waals surface area contributed by atoms with E-state index in [-0.39, 0.29) is 74.7 Å². The van der Waals surface area contributed by atoms with Gasteiger partial charge in [0, 0.05) is 35.3 Å². The maximum atomic E-state index is 15.8. The van der Waals surface area contributed by atoms with Gasteiger partial charge in [0.15, 0.2) is 23.6 Å². The Morgan fingerprint density at radius 3 is 1.19 bits per heavy atom. The second kappa shape index (κ2) is 30.6. The Labute approximate surface area is 669 Å². The molecular weight excluding hydrogens is 1630 g/mol. The highest BCUT2D eigenvalue weighted by atomic mass is 35.5. The molecule has 118 heavy (non-hydrogen) atoms. The van der Waals surface area contributed by atoms with Crippen molar-refractivity contribution in [2.45, 2.75) is 189 Å². The minimum Gasteiger partial charge on any atom is -0.376 e. The van der Waals surface area contributed by atoms with Gasteiger partial charge in [0.1, 0.15) is 46.2 Å². The van der Waals surface area contributed by atoms with E-state index in [0.29, 0.717) is 32.3 Å². The van der Waals surface area contributed by atoms with Crippen LogP contribution in [0, 0.1) is 21.6 Å². The lowest BCUT2D eigenvalue weighted by Crippen LogP contribution is -2.53. The molecule has 4 aromatic heterocycles. The van der Waals surface area contributed by atoms with Gasteiger partial charge in [-0.1, -0.05) is 112 Å². The fraction of sp³-hybridized carbons (Fsp3) is 0.459. The fourth-order valence-electron chi connectivity index (χ4n) is 14.8. The molecule has 4 aliphatic carbocycles. The summed E-state index contributed by atoms with van der Waals surface area (Å²) in [6.07, 6.45) is -20.9. The maximum Gasteiger partial charge on any atom is 0.418 e. The van der Waals surface area contributed by atoms with E-state index in [2.05, 4.69) is 51.2 Å². The zero-order valence-electron chi connectivity index (χ0n) is 62.4. The van der Waals surface area contributed by atoms with Crippen LogP contribution in [0.3, 0.4) is 0 Å². The van der Waals surface area contributed by atoms with Gasteiger partial charge in [0.25, 0.3) is 24.7 Å². The number of hydrogen-bond donors (Lipinski definition) is 4. The summed E-state index contributed by atoms with van der Waals surface area (Å²) in [6.45, 7) is -6.23. The van der Waals surface area contributed by atoms with Gasteiger partial charge in [0.05, 0.1) is 70.3 Å². The lowest BCUT2D eigenvalue weighted by Gasteiger charge is -2.39. The van der Waals surface area contributed by atoms with Gasteiger partial charge in [-0.3, -0.25) is 49.6 Å². The van der Waals surface area contributed by atoms with E-state index < -0.39 is 207 Å². The molecule has 0 unspecified atom stereocenters. The van der Waals surface area contributed by atoms with Crippen LogP contribution in [0.2, 0.25) is 10.0 Å². The fourth-order valence-corrected chi connectivity index (χ4v) is 15.2. The first kappa shape index (κ1) is 83.3. The monoisotopic (exact) mass is 1700 g/mol. The summed E-state index contributed by atoms with van der Waals surface area (Å²) < 4.78 is 223. The lowest BCUT2D eigenvalue weighted by molar-refractivity contribution is -0.219. The van der Waals surface area contributed by atoms with Crippen LogP contribution in [-0.2, 0) is 39.7 Å². The number of esters is 2. The second-order valence-electron chi connectivity index (χ2n) is 31.1. The maximum absolute atomic E-state index is 15.8. The van der Waals surface area contributed by atoms with Gasteiger partial charge in [-0.2, -0.15) is 93.5 Å². The van der Waals surface area contributed by atoms with E-state index in [1.54, 1.807) is 0 Å². The molecule has 0 spiro atoms. The van der Waals surface area contributed by atoms with Crippen LogP contribution in [0.4, 0.5) is 71.1 Å². The minimum atomic E-state index is -5.07. The van der Waals surface area contributed by atoms with E-state index in [1.807, 2.05) is 0 Å². The Morgan fingerprint density at radius 1 is 0.534 bits per heavy atom. The number of nitrogens with zero attached hydrogens (tertiary/aromatic N) is 16. The quantitative estimate of drug-likeness (QED) is 0.0192. The first-order chi connectivity index (χ1) is 55.5. The molecular formula is C74H70Cl2F14N20O8. The normalized spacial score (nSPS) is 19.8. The Balaban J connectivity index is 0.763. The molecule has 4 atom stereocenters. The average Bonchev–Trinajstić information content (AvgIpc) is 1.59. The van der Waals surface area contributed by atoms with E-state index in [0.717, 1.165) is 102 Å². The highest BCUT2D eigenvalue weighted by Gasteiger charge is 2.65. The zero-order chi connectivity index (χ0) is 85.1. The van der Waals surface area contributed by atoms with Crippen molar-refractivity contribution in [1.29, 1.82) is 10.8 Å². The van der Waals surface area contributed by atoms with Crippen molar-refractivity contribution in [2.75, 3.05) is 13.1 Å². The zero-order valence-corrected chi connectivity index (χ0v) is 63.9. The van der Waals surface area contributed by atoms with Crippen molar-refractivity contribution in [3.05, 3.63) is 142 Å². The summed E-state index contributed by atoms with van der Waals surface area (Å²) in [7, 11) is 0. The van der Waals surface area contributed by atoms with E-state index in [1.165, 1.54) is 70.5 Å². The molecule has 28 nitrogen and oxygen atoms in total. The molecule has 4 saturated carbocycles. The lowest BCUT2D eigenvalue weighted by atomic mass is 9.73. The Bertz CT molecular complexity index is 4940. The molecule has 2 saturated heterocycles. The molecule has 4 N–H and O–H groups in total. The van der Waals surface area contributed by atoms with E-state index >= 15 is 53.5 Å². The largest absolute Gasteiger partial charge is 0.418 e. The molecule has 6 aliphatic rings. The molecule has 44 heteroatoms. The third kappa shape index (κ3) is 15.5. The van der Waals surface area contributed by atoms with Crippen LogP contribution in [-0.4, -0.2) is 176 Å². The van der Waals surface area contributed by atoms with Crippen LogP contribution in [0.15, 0.2) is 110 Å². The van der Waals surface area contributed by atoms with E-state index in [4.69, 9.17) is 32.7 Å². The van der Waals surface area contributed by atoms with Gasteiger partial charge < -0.3 is 20.1 Å². The second-order valence-corrected chi connectivity index (χ2v) is 31.9. The molecule has 2 aliphatic heterocycles. The summed E-state index contributed by atoms with van der Waals surface area (Å²) in [5.41, 5.74) is -16.4. The SMILES string of the molecule is CC(C)(C[C@]1(c2ccc(-c3cnn(C4CC4)n3)cc2)NC(=N)N([C@H](CN(C(=O)OC(=O)CCC(=O)OC(=O)N(C[C@H](c2ccc(Cl)c(-c3ncnn3C(F)F)c2)N2C(=N)N[C@](CC(C)(C)C(F)(F)F)(c3ccc(-c4cnn(C5CC5)n4)cc3)C2=O)C2(C(F)F)CC2)C2(C(F)F)CC2)c2ccc(Cl)c(-c3ncnn3C(F)F)c2)C1=O)C(F)(F)F. The Hall–Kier alpha value is -11.2. The number of rotatable bonds is 29. The van der Waals surface area contributed by atoms with Gasteiger partial charge in [-0.05, 0) is 111 Å². The van der Waals surface area contributed by atoms with Crippen molar-refractivity contribution < 1.29 is 99.7 Å². The van der Waals surface area contributed by atoms with Crippen molar-refractivity contribution in [1.82, 2.24) is 89.7 Å². The van der Waals surface area contributed by atoms with Gasteiger partial charge in [-0.25, -0.2) is 37.1 Å². The summed E-state index contributed by atoms with van der Waals surface area (Å²) in [4.78, 5) is 102. The molecule has 0 radical (unpaired) electrons.